The first kappa shape index (κ1) is 18.7. The third kappa shape index (κ3) is 3.83. The Morgan fingerprint density at radius 3 is 2.38 bits per heavy atom. The molecule has 4 nitrogen and oxygen atoms in total. The third-order valence-electron chi connectivity index (χ3n) is 3.85. The van der Waals surface area contributed by atoms with Gasteiger partial charge in [0.25, 0.3) is 0 Å². The van der Waals surface area contributed by atoms with E-state index in [1.54, 1.807) is 18.2 Å². The molecule has 0 radical (unpaired) electrons. The second kappa shape index (κ2) is 7.63. The zero-order valence-corrected chi connectivity index (χ0v) is 16.0. The first-order chi connectivity index (χ1) is 12.4. The molecule has 0 saturated carbocycles. The van der Waals surface area contributed by atoms with Gasteiger partial charge >= 0.3 is 0 Å². The summed E-state index contributed by atoms with van der Waals surface area (Å²) in [6, 6.07) is 13.7. The lowest BCUT2D eigenvalue weighted by molar-refractivity contribution is 0.469. The molecule has 0 N–H and O–H groups in total. The largest absolute Gasteiger partial charge is 0.428 e. The summed E-state index contributed by atoms with van der Waals surface area (Å²) in [6.07, 6.45) is 0.849. The summed E-state index contributed by atoms with van der Waals surface area (Å²) in [6.45, 7) is 4.00. The molecular weight excluding hydrogens is 373 g/mol. The van der Waals surface area contributed by atoms with Gasteiger partial charge in [0, 0.05) is 10.8 Å². The van der Waals surface area contributed by atoms with Crippen LogP contribution in [0.2, 0.25) is 0 Å². The molecule has 0 fully saturated rings. The number of hydrogen-bond donors (Lipinski definition) is 0. The third-order valence-corrected chi connectivity index (χ3v) is 6.88. The number of sulfone groups is 1. The smallest absolute Gasteiger partial charge is 0.228 e. The van der Waals surface area contributed by atoms with Crippen LogP contribution in [-0.4, -0.2) is 18.7 Å². The van der Waals surface area contributed by atoms with Crippen molar-refractivity contribution in [2.45, 2.75) is 40.5 Å². The Labute approximate surface area is 156 Å². The molecule has 0 aliphatic heterocycles. The molecule has 0 aliphatic rings. The van der Waals surface area contributed by atoms with E-state index in [-0.39, 0.29) is 32.0 Å². The molecule has 1 unspecified atom stereocenters. The Bertz CT molecular complexity index is 983. The second-order valence-corrected chi connectivity index (χ2v) is 9.05. The van der Waals surface area contributed by atoms with E-state index in [1.165, 1.54) is 48.2 Å². The molecule has 0 aliphatic carbocycles. The minimum Gasteiger partial charge on any atom is -0.428 e. The summed E-state index contributed by atoms with van der Waals surface area (Å²) in [5, 5.41) is 0.310. The number of rotatable bonds is 6. The quantitative estimate of drug-likeness (QED) is 0.540. The van der Waals surface area contributed by atoms with E-state index in [1.807, 2.05) is 13.8 Å². The van der Waals surface area contributed by atoms with E-state index >= 15 is 0 Å². The van der Waals surface area contributed by atoms with Crippen LogP contribution >= 0.6 is 11.8 Å². The average Bonchev–Trinajstić information content (AvgIpc) is 3.07. The van der Waals surface area contributed by atoms with Gasteiger partial charge in [-0.3, -0.25) is 0 Å². The van der Waals surface area contributed by atoms with Gasteiger partial charge in [0.1, 0.15) is 5.82 Å². The van der Waals surface area contributed by atoms with Crippen LogP contribution in [0.25, 0.3) is 11.5 Å². The average molecular weight is 391 g/mol. The fourth-order valence-electron chi connectivity index (χ4n) is 2.23. The van der Waals surface area contributed by atoms with Crippen LogP contribution < -0.4 is 0 Å². The predicted molar refractivity (Wildman–Crippen MR) is 99.4 cm³/mol. The van der Waals surface area contributed by atoms with Crippen LogP contribution in [0.4, 0.5) is 4.39 Å². The molecule has 0 spiro atoms. The van der Waals surface area contributed by atoms with E-state index in [0.717, 1.165) is 6.42 Å². The SMILES string of the molecule is CCC(C)Sc1oc(-c2ccc(F)cc2)nc1S(=O)(=O)c1ccccc1. The molecule has 0 saturated heterocycles. The number of oxazole rings is 1. The van der Waals surface area contributed by atoms with Gasteiger partial charge < -0.3 is 4.42 Å². The van der Waals surface area contributed by atoms with Crippen LogP contribution in [0.1, 0.15) is 20.3 Å². The fraction of sp³-hybridized carbons (Fsp3) is 0.211. The number of benzene rings is 2. The van der Waals surface area contributed by atoms with E-state index in [2.05, 4.69) is 4.98 Å². The summed E-state index contributed by atoms with van der Waals surface area (Å²) in [5.41, 5.74) is 0.520. The molecule has 1 heterocycles. The molecule has 26 heavy (non-hydrogen) atoms. The van der Waals surface area contributed by atoms with Gasteiger partial charge in [-0.15, -0.1) is 0 Å². The minimum atomic E-state index is -3.82. The second-order valence-electron chi connectivity index (χ2n) is 5.77. The molecule has 2 aromatic carbocycles. The molecule has 1 aromatic heterocycles. The van der Waals surface area contributed by atoms with Crippen molar-refractivity contribution in [1.82, 2.24) is 4.98 Å². The highest BCUT2D eigenvalue weighted by atomic mass is 32.2. The molecule has 1 atom stereocenters. The number of aromatic nitrogens is 1. The normalized spacial score (nSPS) is 12.9. The van der Waals surface area contributed by atoms with Gasteiger partial charge in [-0.05, 0) is 42.8 Å². The topological polar surface area (TPSA) is 60.2 Å². The monoisotopic (exact) mass is 391 g/mol. The van der Waals surface area contributed by atoms with E-state index in [0.29, 0.717) is 5.56 Å². The highest BCUT2D eigenvalue weighted by Crippen LogP contribution is 2.37. The first-order valence-electron chi connectivity index (χ1n) is 8.15. The Kier molecular flexibility index (Phi) is 5.48. The Hall–Kier alpha value is -2.12. The lowest BCUT2D eigenvalue weighted by Crippen LogP contribution is -2.04. The van der Waals surface area contributed by atoms with Gasteiger partial charge in [-0.25, -0.2) is 12.8 Å². The van der Waals surface area contributed by atoms with E-state index in [4.69, 9.17) is 4.42 Å². The summed E-state index contributed by atoms with van der Waals surface area (Å²) in [5.74, 6) is -0.225. The summed E-state index contributed by atoms with van der Waals surface area (Å²) in [7, 11) is -3.82. The zero-order chi connectivity index (χ0) is 18.7. The summed E-state index contributed by atoms with van der Waals surface area (Å²) >= 11 is 1.33. The molecule has 7 heteroatoms. The Morgan fingerprint density at radius 2 is 1.77 bits per heavy atom. The van der Waals surface area contributed by atoms with Gasteiger partial charge in [-0.2, -0.15) is 4.98 Å². The van der Waals surface area contributed by atoms with Gasteiger partial charge in [0.2, 0.25) is 25.8 Å². The Balaban J connectivity index is 2.12. The number of halogens is 1. The van der Waals surface area contributed by atoms with Crippen LogP contribution in [0.3, 0.4) is 0 Å². The number of thioether (sulfide) groups is 1. The standard InChI is InChI=1S/C19H18FNO3S2/c1-3-13(2)25-19-18(26(22,23)16-7-5-4-6-8-16)21-17(24-19)14-9-11-15(20)12-10-14/h4-13H,3H2,1-2H3. The Morgan fingerprint density at radius 1 is 1.12 bits per heavy atom. The molecule has 3 rings (SSSR count). The van der Waals surface area contributed by atoms with Crippen LogP contribution in [0, 0.1) is 5.82 Å². The molecule has 0 bridgehead atoms. The summed E-state index contributed by atoms with van der Waals surface area (Å²) < 4.78 is 45.0. The van der Waals surface area contributed by atoms with Crippen LogP contribution in [0.15, 0.2) is 74.0 Å². The van der Waals surface area contributed by atoms with Crippen molar-refractivity contribution >= 4 is 21.6 Å². The molecule has 0 amide bonds. The van der Waals surface area contributed by atoms with Crippen LogP contribution in [0.5, 0.6) is 0 Å². The maximum Gasteiger partial charge on any atom is 0.228 e. The van der Waals surface area contributed by atoms with Gasteiger partial charge in [-0.1, -0.05) is 43.8 Å². The molecular formula is C19H18FNO3S2. The van der Waals surface area contributed by atoms with Crippen molar-refractivity contribution in [2.24, 2.45) is 0 Å². The van der Waals surface area contributed by atoms with Crippen molar-refractivity contribution in [2.75, 3.05) is 0 Å². The van der Waals surface area contributed by atoms with Gasteiger partial charge in [0.15, 0.2) is 0 Å². The maximum absolute atomic E-state index is 13.2. The number of hydrogen-bond acceptors (Lipinski definition) is 5. The highest BCUT2D eigenvalue weighted by molar-refractivity contribution is 8.00. The van der Waals surface area contributed by atoms with E-state index in [9.17, 15) is 12.8 Å². The van der Waals surface area contributed by atoms with Crippen molar-refractivity contribution in [3.05, 3.63) is 60.4 Å². The fourth-order valence-corrected chi connectivity index (χ4v) is 4.71. The van der Waals surface area contributed by atoms with Crippen molar-refractivity contribution in [3.8, 4) is 11.5 Å². The van der Waals surface area contributed by atoms with E-state index < -0.39 is 9.84 Å². The summed E-state index contributed by atoms with van der Waals surface area (Å²) in [4.78, 5) is 4.40. The van der Waals surface area contributed by atoms with Crippen molar-refractivity contribution < 1.29 is 17.2 Å². The van der Waals surface area contributed by atoms with Crippen molar-refractivity contribution in [1.29, 1.82) is 0 Å². The predicted octanol–water partition coefficient (Wildman–Crippen LogP) is 5.20. The van der Waals surface area contributed by atoms with Crippen molar-refractivity contribution in [3.63, 3.8) is 0 Å². The van der Waals surface area contributed by atoms with Gasteiger partial charge in [0.05, 0.1) is 4.90 Å². The zero-order valence-electron chi connectivity index (χ0n) is 14.3. The first-order valence-corrected chi connectivity index (χ1v) is 10.5. The lowest BCUT2D eigenvalue weighted by Gasteiger charge is -2.07. The molecule has 136 valence electrons. The van der Waals surface area contributed by atoms with Crippen LogP contribution in [-0.2, 0) is 9.84 Å². The minimum absolute atomic E-state index is 0.103. The lowest BCUT2D eigenvalue weighted by atomic mass is 10.2. The molecule has 3 aromatic rings. The number of nitrogens with zero attached hydrogens (tertiary/aromatic N) is 1. The maximum atomic E-state index is 13.2. The highest BCUT2D eigenvalue weighted by Gasteiger charge is 2.29.